The summed E-state index contributed by atoms with van der Waals surface area (Å²) in [6.07, 6.45) is -3.45. The minimum absolute atomic E-state index is 0.203. The third kappa shape index (κ3) is 3.49. The van der Waals surface area contributed by atoms with Gasteiger partial charge in [-0.3, -0.25) is 0 Å². The number of anilines is 3. The lowest BCUT2D eigenvalue weighted by atomic mass is 10.3. The van der Waals surface area contributed by atoms with Gasteiger partial charge in [-0.15, -0.1) is 18.3 Å². The molecular formula is C17H12F3N7O. The molecule has 0 radical (unpaired) electrons. The molecule has 2 aromatic carbocycles. The number of hydrogen-bond donors (Lipinski definition) is 2. The average Bonchev–Trinajstić information content (AvgIpc) is 3.08. The molecule has 0 atom stereocenters. The molecule has 0 saturated heterocycles. The molecule has 11 heteroatoms. The number of nitrogens with one attached hydrogen (secondary N) is 1. The Morgan fingerprint density at radius 1 is 1.00 bits per heavy atom. The summed E-state index contributed by atoms with van der Waals surface area (Å²) >= 11 is 0. The Morgan fingerprint density at radius 3 is 2.50 bits per heavy atom. The van der Waals surface area contributed by atoms with Gasteiger partial charge in [0.1, 0.15) is 23.3 Å². The van der Waals surface area contributed by atoms with Crippen LogP contribution in [0.15, 0.2) is 54.9 Å². The molecule has 0 bridgehead atoms. The summed E-state index contributed by atoms with van der Waals surface area (Å²) in [7, 11) is 0. The fraction of sp³-hybridized carbons (Fsp3) is 0.0588. The Balaban J connectivity index is 1.62. The highest BCUT2D eigenvalue weighted by molar-refractivity contribution is 5.80. The van der Waals surface area contributed by atoms with E-state index >= 15 is 0 Å². The monoisotopic (exact) mass is 387 g/mol. The summed E-state index contributed by atoms with van der Waals surface area (Å²) in [4.78, 5) is 8.25. The summed E-state index contributed by atoms with van der Waals surface area (Å²) in [5, 5.41) is 11.1. The predicted molar refractivity (Wildman–Crippen MR) is 95.3 cm³/mol. The van der Waals surface area contributed by atoms with Crippen LogP contribution < -0.4 is 15.8 Å². The lowest BCUT2D eigenvalue weighted by Crippen LogP contribution is -2.17. The molecule has 0 saturated carbocycles. The van der Waals surface area contributed by atoms with Crippen LogP contribution in [0.25, 0.3) is 16.9 Å². The van der Waals surface area contributed by atoms with Crippen molar-refractivity contribution in [2.45, 2.75) is 6.36 Å². The number of ether oxygens (including phenoxy) is 1. The molecular weight excluding hydrogens is 375 g/mol. The highest BCUT2D eigenvalue weighted by Gasteiger charge is 2.31. The highest BCUT2D eigenvalue weighted by Crippen LogP contribution is 2.28. The second kappa shape index (κ2) is 6.68. The number of para-hydroxylation sites is 1. The molecule has 0 spiro atoms. The molecule has 0 aliphatic rings. The summed E-state index contributed by atoms with van der Waals surface area (Å²) in [5.41, 5.74) is 8.24. The Labute approximate surface area is 155 Å². The van der Waals surface area contributed by atoms with E-state index in [4.69, 9.17) is 5.73 Å². The Hall–Kier alpha value is -3.89. The van der Waals surface area contributed by atoms with Gasteiger partial charge in [0.05, 0.1) is 5.52 Å². The van der Waals surface area contributed by atoms with Crippen molar-refractivity contribution in [2.24, 2.45) is 0 Å². The van der Waals surface area contributed by atoms with Crippen molar-refractivity contribution in [3.63, 3.8) is 0 Å². The van der Waals surface area contributed by atoms with E-state index in [1.165, 1.54) is 35.3 Å². The number of hydrogen-bond acceptors (Lipinski definition) is 7. The maximum atomic E-state index is 12.2. The number of nitrogens with zero attached hydrogens (tertiary/aromatic N) is 5. The number of halogens is 3. The minimum Gasteiger partial charge on any atom is -0.406 e. The third-order valence-corrected chi connectivity index (χ3v) is 3.77. The van der Waals surface area contributed by atoms with E-state index in [0.29, 0.717) is 22.5 Å². The van der Waals surface area contributed by atoms with Gasteiger partial charge in [-0.05, 0) is 36.4 Å². The van der Waals surface area contributed by atoms with Crippen LogP contribution in [-0.2, 0) is 0 Å². The quantitative estimate of drug-likeness (QED) is 0.553. The first-order valence-electron chi connectivity index (χ1n) is 7.95. The van der Waals surface area contributed by atoms with E-state index in [-0.39, 0.29) is 17.3 Å². The first-order chi connectivity index (χ1) is 13.4. The smallest absolute Gasteiger partial charge is 0.406 e. The Morgan fingerprint density at radius 2 is 1.75 bits per heavy atom. The van der Waals surface area contributed by atoms with Crippen LogP contribution in [0.4, 0.5) is 30.4 Å². The van der Waals surface area contributed by atoms with E-state index in [9.17, 15) is 13.2 Å². The molecule has 4 rings (SSSR count). The number of nitrogens with two attached hydrogens (primary N) is 1. The third-order valence-electron chi connectivity index (χ3n) is 3.77. The Bertz CT molecular complexity index is 1130. The van der Waals surface area contributed by atoms with E-state index < -0.39 is 6.36 Å². The molecule has 0 unspecified atom stereocenters. The fourth-order valence-electron chi connectivity index (χ4n) is 2.56. The second-order valence-electron chi connectivity index (χ2n) is 5.65. The number of alkyl halides is 3. The molecule has 8 nitrogen and oxygen atoms in total. The molecule has 0 aliphatic carbocycles. The van der Waals surface area contributed by atoms with Crippen molar-refractivity contribution in [3.05, 3.63) is 54.9 Å². The maximum Gasteiger partial charge on any atom is 0.573 e. The lowest BCUT2D eigenvalue weighted by molar-refractivity contribution is -0.274. The number of fused-ring (bicyclic) bond motifs is 1. The van der Waals surface area contributed by atoms with Crippen LogP contribution >= 0.6 is 0 Å². The number of aromatic nitrogens is 5. The molecule has 0 amide bonds. The van der Waals surface area contributed by atoms with Crippen molar-refractivity contribution in [1.29, 1.82) is 0 Å². The topological polar surface area (TPSA) is 104 Å². The first-order valence-corrected chi connectivity index (χ1v) is 7.95. The molecule has 0 fully saturated rings. The number of benzene rings is 2. The molecule has 2 aromatic heterocycles. The van der Waals surface area contributed by atoms with Crippen LogP contribution in [0.1, 0.15) is 0 Å². The van der Waals surface area contributed by atoms with E-state index in [1.807, 2.05) is 18.2 Å². The van der Waals surface area contributed by atoms with Crippen LogP contribution in [-0.4, -0.2) is 31.3 Å². The fourth-order valence-corrected chi connectivity index (χ4v) is 2.56. The zero-order valence-corrected chi connectivity index (χ0v) is 14.1. The van der Waals surface area contributed by atoms with E-state index in [2.05, 4.69) is 30.3 Å². The minimum atomic E-state index is -4.75. The summed E-state index contributed by atoms with van der Waals surface area (Å²) in [6, 6.07) is 12.5. The average molecular weight is 387 g/mol. The van der Waals surface area contributed by atoms with Crippen molar-refractivity contribution in [3.8, 4) is 11.6 Å². The number of nitrogen functional groups attached to an aromatic ring is 1. The second-order valence-corrected chi connectivity index (χ2v) is 5.65. The number of rotatable bonds is 4. The van der Waals surface area contributed by atoms with Crippen molar-refractivity contribution < 1.29 is 17.9 Å². The van der Waals surface area contributed by atoms with Crippen molar-refractivity contribution in [2.75, 3.05) is 11.1 Å². The van der Waals surface area contributed by atoms with Gasteiger partial charge < -0.3 is 15.8 Å². The van der Waals surface area contributed by atoms with Crippen LogP contribution in [0.3, 0.4) is 0 Å². The highest BCUT2D eigenvalue weighted by atomic mass is 19.4. The maximum absolute atomic E-state index is 12.2. The van der Waals surface area contributed by atoms with Gasteiger partial charge in [-0.2, -0.15) is 4.68 Å². The zero-order chi connectivity index (χ0) is 19.7. The van der Waals surface area contributed by atoms with Gasteiger partial charge in [0.25, 0.3) is 0 Å². The zero-order valence-electron chi connectivity index (χ0n) is 14.1. The molecule has 28 heavy (non-hydrogen) atoms. The van der Waals surface area contributed by atoms with Gasteiger partial charge in [0.15, 0.2) is 11.6 Å². The van der Waals surface area contributed by atoms with Gasteiger partial charge in [0.2, 0.25) is 0 Å². The molecule has 0 aliphatic heterocycles. The van der Waals surface area contributed by atoms with Crippen LogP contribution in [0.2, 0.25) is 0 Å². The summed E-state index contributed by atoms with van der Waals surface area (Å²) in [5.74, 6) is 0.265. The molecule has 3 N–H and O–H groups in total. The predicted octanol–water partition coefficient (Wildman–Crippen LogP) is 3.43. The first kappa shape index (κ1) is 17.5. The van der Waals surface area contributed by atoms with E-state index in [0.717, 1.165) is 0 Å². The molecule has 2 heterocycles. The van der Waals surface area contributed by atoms with Crippen LogP contribution in [0.5, 0.6) is 5.75 Å². The Kier molecular flexibility index (Phi) is 4.18. The summed E-state index contributed by atoms with van der Waals surface area (Å²) in [6.45, 7) is 0. The van der Waals surface area contributed by atoms with Gasteiger partial charge >= 0.3 is 6.36 Å². The van der Waals surface area contributed by atoms with Crippen molar-refractivity contribution >= 4 is 28.2 Å². The normalized spacial score (nSPS) is 11.5. The SMILES string of the molecule is Nc1c(Nc2ccc(OC(F)(F)F)cc2)ncnc1-n1nnc2ccccc21. The van der Waals surface area contributed by atoms with Gasteiger partial charge in [0, 0.05) is 5.69 Å². The molecule has 142 valence electrons. The lowest BCUT2D eigenvalue weighted by Gasteiger charge is -2.12. The van der Waals surface area contributed by atoms with Gasteiger partial charge in [-0.1, -0.05) is 17.3 Å². The summed E-state index contributed by atoms with van der Waals surface area (Å²) < 4.78 is 42.1. The largest absolute Gasteiger partial charge is 0.573 e. The van der Waals surface area contributed by atoms with Gasteiger partial charge in [-0.25, -0.2) is 9.97 Å². The van der Waals surface area contributed by atoms with Crippen molar-refractivity contribution in [1.82, 2.24) is 25.0 Å². The standard InChI is InChI=1S/C17H12F3N7O/c18-17(19,20)28-11-7-5-10(6-8-11)24-15-14(21)16(23-9-22-15)27-13-4-2-1-3-12(13)25-26-27/h1-9H,21H2,(H,22,23,24). The van der Waals surface area contributed by atoms with Crippen LogP contribution in [0, 0.1) is 0 Å². The molecule has 4 aromatic rings. The van der Waals surface area contributed by atoms with E-state index in [1.54, 1.807) is 6.07 Å².